The third kappa shape index (κ3) is 3.92. The first-order chi connectivity index (χ1) is 15.7. The lowest BCUT2D eigenvalue weighted by atomic mass is 9.48. The Hall–Kier alpha value is -2.73. The maximum atomic E-state index is 12.2. The Morgan fingerprint density at radius 1 is 0.938 bits per heavy atom. The summed E-state index contributed by atoms with van der Waals surface area (Å²) in [5.74, 6) is 7.08. The van der Waals surface area contributed by atoms with Crippen molar-refractivity contribution >= 4 is 5.97 Å². The van der Waals surface area contributed by atoms with Gasteiger partial charge in [0.05, 0.1) is 12.2 Å². The topological polar surface area (TPSA) is 35.5 Å². The zero-order valence-corrected chi connectivity index (χ0v) is 18.5. The highest BCUT2D eigenvalue weighted by atomic mass is 16.5. The summed E-state index contributed by atoms with van der Waals surface area (Å²) in [4.78, 5) is 12.2. The van der Waals surface area contributed by atoms with Crippen LogP contribution < -0.4 is 4.74 Å². The first kappa shape index (κ1) is 19.9. The maximum absolute atomic E-state index is 12.2. The van der Waals surface area contributed by atoms with Gasteiger partial charge in [-0.15, -0.1) is 0 Å². The van der Waals surface area contributed by atoms with Gasteiger partial charge in [-0.25, -0.2) is 4.79 Å². The molecule has 7 rings (SSSR count). The second-order valence-corrected chi connectivity index (χ2v) is 10.6. The maximum Gasteiger partial charge on any atom is 0.352 e. The van der Waals surface area contributed by atoms with E-state index in [1.54, 1.807) is 12.1 Å². The number of ether oxygens (including phenoxy) is 2. The highest BCUT2D eigenvalue weighted by molar-refractivity contribution is 5.90. The Labute approximate surface area is 190 Å². The summed E-state index contributed by atoms with van der Waals surface area (Å²) >= 11 is 0. The van der Waals surface area contributed by atoms with Crippen molar-refractivity contribution in [3.63, 3.8) is 0 Å². The van der Waals surface area contributed by atoms with Crippen LogP contribution in [0.15, 0.2) is 48.5 Å². The molecule has 0 radical (unpaired) electrons. The van der Waals surface area contributed by atoms with Crippen LogP contribution >= 0.6 is 0 Å². The van der Waals surface area contributed by atoms with Crippen molar-refractivity contribution in [2.24, 2.45) is 23.7 Å². The van der Waals surface area contributed by atoms with Gasteiger partial charge in [-0.05, 0) is 117 Å². The van der Waals surface area contributed by atoms with Crippen LogP contribution in [0, 0.1) is 35.7 Å². The van der Waals surface area contributed by atoms with E-state index >= 15 is 0 Å². The van der Waals surface area contributed by atoms with Crippen molar-refractivity contribution in [2.75, 3.05) is 6.61 Å². The number of carbonyl (C=O) groups excluding carboxylic acids is 1. The van der Waals surface area contributed by atoms with Gasteiger partial charge in [0.15, 0.2) is 0 Å². The zero-order chi connectivity index (χ0) is 21.5. The molecule has 0 amide bonds. The molecule has 5 aliphatic carbocycles. The third-order valence-electron chi connectivity index (χ3n) is 8.11. The molecule has 0 atom stereocenters. The zero-order valence-electron chi connectivity index (χ0n) is 18.5. The van der Waals surface area contributed by atoms with E-state index < -0.39 is 5.97 Å². The molecule has 3 nitrogen and oxygen atoms in total. The quantitative estimate of drug-likeness (QED) is 0.427. The molecule has 0 unspecified atom stereocenters. The molecule has 5 saturated carbocycles. The molecule has 5 fully saturated rings. The molecule has 2 aromatic carbocycles. The molecule has 0 N–H and O–H groups in total. The second-order valence-electron chi connectivity index (χ2n) is 10.6. The van der Waals surface area contributed by atoms with Gasteiger partial charge in [0.25, 0.3) is 0 Å². The summed E-state index contributed by atoms with van der Waals surface area (Å²) in [7, 11) is 0. The minimum Gasteiger partial charge on any atom is -0.493 e. The van der Waals surface area contributed by atoms with Gasteiger partial charge in [-0.1, -0.05) is 18.2 Å². The predicted octanol–water partition coefficient (Wildman–Crippen LogP) is 6.11. The lowest BCUT2D eigenvalue weighted by Crippen LogP contribution is -2.48. The van der Waals surface area contributed by atoms with Crippen LogP contribution in [0.4, 0.5) is 0 Å². The van der Waals surface area contributed by atoms with Gasteiger partial charge in [-0.2, -0.15) is 0 Å². The van der Waals surface area contributed by atoms with Gasteiger partial charge in [0.2, 0.25) is 0 Å². The number of esters is 1. The lowest BCUT2D eigenvalue weighted by Gasteiger charge is -2.57. The summed E-state index contributed by atoms with van der Waals surface area (Å²) in [6.07, 6.45) is 13.4. The summed E-state index contributed by atoms with van der Waals surface area (Å²) in [5, 5.41) is 0. The monoisotopic (exact) mass is 426 g/mol. The molecule has 32 heavy (non-hydrogen) atoms. The Kier molecular flexibility index (Phi) is 4.98. The average Bonchev–Trinajstić information content (AvgIpc) is 3.62. The highest BCUT2D eigenvalue weighted by Crippen LogP contribution is 2.62. The van der Waals surface area contributed by atoms with Gasteiger partial charge >= 0.3 is 5.97 Å². The molecule has 0 aliphatic heterocycles. The largest absolute Gasteiger partial charge is 0.493 e. The van der Waals surface area contributed by atoms with E-state index in [1.165, 1.54) is 56.9 Å². The van der Waals surface area contributed by atoms with E-state index in [1.807, 2.05) is 24.3 Å². The summed E-state index contributed by atoms with van der Waals surface area (Å²) in [6.45, 7) is 0.832. The van der Waals surface area contributed by atoms with E-state index in [2.05, 4.69) is 24.2 Å². The van der Waals surface area contributed by atoms with Crippen molar-refractivity contribution in [1.29, 1.82) is 0 Å². The van der Waals surface area contributed by atoms with Crippen LogP contribution in [0.5, 0.6) is 5.75 Å². The van der Waals surface area contributed by atoms with Gasteiger partial charge in [0.1, 0.15) is 11.9 Å². The number of carbonyl (C=O) groups is 1. The number of hydrogen-bond acceptors (Lipinski definition) is 3. The molecule has 0 heterocycles. The molecular weight excluding hydrogens is 396 g/mol. The lowest BCUT2D eigenvalue weighted by molar-refractivity contribution is -0.00644. The van der Waals surface area contributed by atoms with Crippen molar-refractivity contribution in [3.05, 3.63) is 65.2 Å². The molecule has 4 bridgehead atoms. The number of benzene rings is 2. The summed E-state index contributed by atoms with van der Waals surface area (Å²) < 4.78 is 11.6. The Bertz CT molecular complexity index is 1040. The number of rotatable bonds is 5. The van der Waals surface area contributed by atoms with E-state index in [-0.39, 0.29) is 5.41 Å². The third-order valence-corrected chi connectivity index (χ3v) is 8.11. The molecule has 3 heteroatoms. The van der Waals surface area contributed by atoms with Crippen LogP contribution in [0.25, 0.3) is 0 Å². The van der Waals surface area contributed by atoms with E-state index in [4.69, 9.17) is 9.47 Å². The van der Waals surface area contributed by atoms with E-state index in [0.29, 0.717) is 5.56 Å². The highest BCUT2D eigenvalue weighted by Gasteiger charge is 2.52. The molecule has 0 aromatic heterocycles. The van der Waals surface area contributed by atoms with E-state index in [0.717, 1.165) is 41.6 Å². The molecule has 2 aromatic rings. The molecule has 0 spiro atoms. The molecule has 0 saturated heterocycles. The fourth-order valence-corrected chi connectivity index (χ4v) is 6.84. The van der Waals surface area contributed by atoms with Crippen LogP contribution in [0.1, 0.15) is 72.9 Å². The SMILES string of the molecule is O=C(OC#Cc1ccc(OCC2CC2)c(C23CC4CC(CC(C4)C2)C3)c1)c1ccccc1. The standard InChI is InChI=1S/C29H30O3/c30-28(25-4-2-1-3-5-25)31-11-10-20-8-9-27(32-19-21-6-7-21)26(15-20)29-16-22-12-23(17-29)14-24(13-22)18-29/h1-5,8-9,15,21-24H,6-7,12-14,16-19H2. The van der Waals surface area contributed by atoms with Gasteiger partial charge in [-0.3, -0.25) is 0 Å². The van der Waals surface area contributed by atoms with Crippen molar-refractivity contribution < 1.29 is 14.3 Å². The van der Waals surface area contributed by atoms with Crippen molar-refractivity contribution in [2.45, 2.75) is 56.8 Å². The Balaban J connectivity index is 1.27. The fourth-order valence-electron chi connectivity index (χ4n) is 6.84. The minimum atomic E-state index is -0.413. The summed E-state index contributed by atoms with van der Waals surface area (Å²) in [5.41, 5.74) is 3.01. The Morgan fingerprint density at radius 2 is 1.62 bits per heavy atom. The second kappa shape index (κ2) is 8.00. The normalized spacial score (nSPS) is 29.8. The Morgan fingerprint density at radius 3 is 2.28 bits per heavy atom. The fraction of sp³-hybridized carbons (Fsp3) is 0.483. The van der Waals surface area contributed by atoms with Crippen LogP contribution in [0.2, 0.25) is 0 Å². The minimum absolute atomic E-state index is 0.242. The number of hydrogen-bond donors (Lipinski definition) is 0. The molecule has 5 aliphatic rings. The first-order valence-electron chi connectivity index (χ1n) is 12.2. The van der Waals surface area contributed by atoms with Crippen LogP contribution in [-0.2, 0) is 10.2 Å². The first-order valence-corrected chi connectivity index (χ1v) is 12.2. The smallest absolute Gasteiger partial charge is 0.352 e. The molecular formula is C29H30O3. The van der Waals surface area contributed by atoms with Crippen molar-refractivity contribution in [3.8, 4) is 17.8 Å². The molecule has 164 valence electrons. The van der Waals surface area contributed by atoms with Crippen LogP contribution in [-0.4, -0.2) is 12.6 Å². The predicted molar refractivity (Wildman–Crippen MR) is 123 cm³/mol. The van der Waals surface area contributed by atoms with E-state index in [9.17, 15) is 4.79 Å². The van der Waals surface area contributed by atoms with Crippen molar-refractivity contribution in [1.82, 2.24) is 0 Å². The van der Waals surface area contributed by atoms with Gasteiger partial charge < -0.3 is 9.47 Å². The summed E-state index contributed by atoms with van der Waals surface area (Å²) in [6, 6.07) is 15.3. The average molecular weight is 427 g/mol. The van der Waals surface area contributed by atoms with Gasteiger partial charge in [0, 0.05) is 11.1 Å². The van der Waals surface area contributed by atoms with Crippen LogP contribution in [0.3, 0.4) is 0 Å².